The van der Waals surface area contributed by atoms with Gasteiger partial charge in [0.25, 0.3) is 0 Å². The first-order chi connectivity index (χ1) is 8.88. The molecule has 0 saturated carbocycles. The number of piperidine rings is 1. The molecule has 0 atom stereocenters. The van der Waals surface area contributed by atoms with E-state index in [4.69, 9.17) is 6.42 Å². The van der Waals surface area contributed by atoms with Crippen LogP contribution in [-0.4, -0.2) is 42.1 Å². The monoisotopic (exact) mass is 243 g/mol. The van der Waals surface area contributed by atoms with Gasteiger partial charge in [0.2, 0.25) is 0 Å². The molecule has 1 aromatic heterocycles. The number of pyridine rings is 1. The van der Waals surface area contributed by atoms with Crippen molar-refractivity contribution in [2.24, 2.45) is 0 Å². The fraction of sp³-hybridized carbons (Fsp3) is 0.533. The van der Waals surface area contributed by atoms with Gasteiger partial charge in [-0.2, -0.15) is 0 Å². The molecule has 0 spiro atoms. The number of hydrogen-bond acceptors (Lipinski definition) is 3. The highest BCUT2D eigenvalue weighted by Gasteiger charge is 2.17. The highest BCUT2D eigenvalue weighted by Crippen LogP contribution is 2.09. The molecule has 0 amide bonds. The summed E-state index contributed by atoms with van der Waals surface area (Å²) in [5.74, 6) is 2.72. The second-order valence-corrected chi connectivity index (χ2v) is 4.81. The van der Waals surface area contributed by atoms with Gasteiger partial charge in [0, 0.05) is 31.5 Å². The molecular weight excluding hydrogens is 222 g/mol. The molecule has 3 heteroatoms. The molecule has 1 fully saturated rings. The Morgan fingerprint density at radius 2 is 2.06 bits per heavy atom. The van der Waals surface area contributed by atoms with Gasteiger partial charge in [-0.3, -0.25) is 9.88 Å². The van der Waals surface area contributed by atoms with E-state index in [9.17, 15) is 0 Å². The van der Waals surface area contributed by atoms with E-state index in [0.29, 0.717) is 6.04 Å². The molecule has 18 heavy (non-hydrogen) atoms. The number of aromatic nitrogens is 1. The molecule has 0 radical (unpaired) electrons. The smallest absolute Gasteiger partial charge is 0.0598 e. The van der Waals surface area contributed by atoms with Gasteiger partial charge in [-0.15, -0.1) is 6.42 Å². The van der Waals surface area contributed by atoms with Gasteiger partial charge in [-0.1, -0.05) is 5.92 Å². The minimum absolute atomic E-state index is 0.654. The van der Waals surface area contributed by atoms with Gasteiger partial charge < -0.3 is 5.32 Å². The van der Waals surface area contributed by atoms with E-state index in [1.165, 1.54) is 18.4 Å². The molecular formula is C15H21N3. The van der Waals surface area contributed by atoms with E-state index in [1.54, 1.807) is 0 Å². The maximum absolute atomic E-state index is 5.33. The van der Waals surface area contributed by atoms with Crippen LogP contribution in [0.25, 0.3) is 0 Å². The molecule has 0 aliphatic carbocycles. The van der Waals surface area contributed by atoms with E-state index in [1.807, 2.05) is 12.4 Å². The van der Waals surface area contributed by atoms with E-state index in [0.717, 1.165) is 32.6 Å². The Morgan fingerprint density at radius 3 is 2.72 bits per heavy atom. The van der Waals surface area contributed by atoms with Gasteiger partial charge in [0.15, 0.2) is 0 Å². The van der Waals surface area contributed by atoms with Crippen molar-refractivity contribution in [1.29, 1.82) is 0 Å². The molecule has 1 N–H and O–H groups in total. The summed E-state index contributed by atoms with van der Waals surface area (Å²) in [5.41, 5.74) is 1.35. The lowest BCUT2D eigenvalue weighted by Gasteiger charge is -2.31. The molecule has 0 bridgehead atoms. The van der Waals surface area contributed by atoms with Crippen LogP contribution in [0.5, 0.6) is 0 Å². The third-order valence-electron chi connectivity index (χ3n) is 3.50. The Kier molecular flexibility index (Phi) is 5.19. The zero-order chi connectivity index (χ0) is 12.6. The van der Waals surface area contributed by atoms with Crippen LogP contribution in [0.1, 0.15) is 18.4 Å². The first kappa shape index (κ1) is 13.1. The topological polar surface area (TPSA) is 28.2 Å². The van der Waals surface area contributed by atoms with E-state index in [-0.39, 0.29) is 0 Å². The first-order valence-electron chi connectivity index (χ1n) is 6.66. The van der Waals surface area contributed by atoms with Crippen LogP contribution in [0.4, 0.5) is 0 Å². The van der Waals surface area contributed by atoms with Crippen molar-refractivity contribution in [3.63, 3.8) is 0 Å². The normalized spacial score (nSPS) is 17.5. The maximum atomic E-state index is 5.33. The fourth-order valence-electron chi connectivity index (χ4n) is 2.39. The quantitative estimate of drug-likeness (QED) is 0.790. The van der Waals surface area contributed by atoms with Crippen LogP contribution in [0, 0.1) is 12.3 Å². The van der Waals surface area contributed by atoms with E-state index < -0.39 is 0 Å². The Morgan fingerprint density at radius 1 is 1.33 bits per heavy atom. The van der Waals surface area contributed by atoms with Gasteiger partial charge in [0.1, 0.15) is 0 Å². The summed E-state index contributed by atoms with van der Waals surface area (Å²) >= 11 is 0. The highest BCUT2D eigenvalue weighted by molar-refractivity contribution is 5.09. The van der Waals surface area contributed by atoms with Crippen LogP contribution >= 0.6 is 0 Å². The van der Waals surface area contributed by atoms with Crippen LogP contribution in [-0.2, 0) is 6.42 Å². The van der Waals surface area contributed by atoms with Crippen molar-refractivity contribution in [2.45, 2.75) is 25.3 Å². The van der Waals surface area contributed by atoms with Gasteiger partial charge in [0.05, 0.1) is 6.54 Å². The maximum Gasteiger partial charge on any atom is 0.0598 e. The van der Waals surface area contributed by atoms with E-state index in [2.05, 4.69) is 33.3 Å². The standard InChI is InChI=1S/C15H21N3/c1-2-11-18-12-6-15(7-13-18)17-10-5-14-3-8-16-9-4-14/h1,3-4,8-9,15,17H,5-7,10-13H2. The molecule has 1 aliphatic heterocycles. The number of nitrogens with one attached hydrogen (secondary N) is 1. The van der Waals surface area contributed by atoms with Crippen molar-refractivity contribution in [3.05, 3.63) is 30.1 Å². The lowest BCUT2D eigenvalue weighted by molar-refractivity contribution is 0.218. The third-order valence-corrected chi connectivity index (χ3v) is 3.50. The number of hydrogen-bond donors (Lipinski definition) is 1. The molecule has 1 aromatic rings. The van der Waals surface area contributed by atoms with Crippen molar-refractivity contribution in [1.82, 2.24) is 15.2 Å². The predicted molar refractivity (Wildman–Crippen MR) is 74.2 cm³/mol. The van der Waals surface area contributed by atoms with Crippen molar-refractivity contribution >= 4 is 0 Å². The summed E-state index contributed by atoms with van der Waals surface area (Å²) in [6, 6.07) is 4.81. The van der Waals surface area contributed by atoms with Gasteiger partial charge in [-0.05, 0) is 43.5 Å². The van der Waals surface area contributed by atoms with Crippen LogP contribution in [0.3, 0.4) is 0 Å². The van der Waals surface area contributed by atoms with Gasteiger partial charge >= 0.3 is 0 Å². The Bertz CT molecular complexity index is 374. The molecule has 2 rings (SSSR count). The minimum atomic E-state index is 0.654. The average molecular weight is 243 g/mol. The van der Waals surface area contributed by atoms with Crippen molar-refractivity contribution in [3.8, 4) is 12.3 Å². The number of terminal acetylenes is 1. The van der Waals surface area contributed by atoms with Crippen LogP contribution in [0.15, 0.2) is 24.5 Å². The minimum Gasteiger partial charge on any atom is -0.314 e. The van der Waals surface area contributed by atoms with Crippen LogP contribution in [0.2, 0.25) is 0 Å². The lowest BCUT2D eigenvalue weighted by atomic mass is 10.0. The zero-order valence-electron chi connectivity index (χ0n) is 10.8. The molecule has 96 valence electrons. The lowest BCUT2D eigenvalue weighted by Crippen LogP contribution is -2.43. The molecule has 0 unspecified atom stereocenters. The summed E-state index contributed by atoms with van der Waals surface area (Å²) in [7, 11) is 0. The van der Waals surface area contributed by atoms with Crippen molar-refractivity contribution < 1.29 is 0 Å². The van der Waals surface area contributed by atoms with Crippen LogP contribution < -0.4 is 5.32 Å². The van der Waals surface area contributed by atoms with Gasteiger partial charge in [-0.25, -0.2) is 0 Å². The highest BCUT2D eigenvalue weighted by atomic mass is 15.1. The Balaban J connectivity index is 1.63. The molecule has 1 aliphatic rings. The molecule has 3 nitrogen and oxygen atoms in total. The number of rotatable bonds is 5. The molecule has 1 saturated heterocycles. The molecule has 2 heterocycles. The van der Waals surface area contributed by atoms with E-state index >= 15 is 0 Å². The summed E-state index contributed by atoms with van der Waals surface area (Å²) in [6.07, 6.45) is 12.5. The summed E-state index contributed by atoms with van der Waals surface area (Å²) in [5, 5.41) is 3.63. The third kappa shape index (κ3) is 4.14. The Labute approximate surface area is 110 Å². The fourth-order valence-corrected chi connectivity index (χ4v) is 2.39. The second-order valence-electron chi connectivity index (χ2n) is 4.81. The SMILES string of the molecule is C#CCN1CCC(NCCc2ccncc2)CC1. The predicted octanol–water partition coefficient (Wildman–Crippen LogP) is 1.31. The zero-order valence-corrected chi connectivity index (χ0v) is 10.8. The summed E-state index contributed by atoms with van der Waals surface area (Å²) in [6.45, 7) is 4.09. The number of likely N-dealkylation sites (tertiary alicyclic amines) is 1. The summed E-state index contributed by atoms with van der Waals surface area (Å²) in [4.78, 5) is 6.38. The number of nitrogens with zero attached hydrogens (tertiary/aromatic N) is 2. The second kappa shape index (κ2) is 7.15. The van der Waals surface area contributed by atoms with Crippen molar-refractivity contribution in [2.75, 3.05) is 26.2 Å². The summed E-state index contributed by atoms with van der Waals surface area (Å²) < 4.78 is 0. The largest absolute Gasteiger partial charge is 0.314 e. The Hall–Kier alpha value is -1.37. The first-order valence-corrected chi connectivity index (χ1v) is 6.66. The average Bonchev–Trinajstić information content (AvgIpc) is 2.42. The molecule has 0 aromatic carbocycles.